The Morgan fingerprint density at radius 3 is 2.53 bits per heavy atom. The van der Waals surface area contributed by atoms with Gasteiger partial charge in [-0.25, -0.2) is 9.97 Å². The van der Waals surface area contributed by atoms with Gasteiger partial charge >= 0.3 is 0 Å². The van der Waals surface area contributed by atoms with Crippen LogP contribution < -0.4 is 10.5 Å². The van der Waals surface area contributed by atoms with E-state index in [1.165, 1.54) is 0 Å². The van der Waals surface area contributed by atoms with Crippen molar-refractivity contribution in [2.24, 2.45) is 0 Å². The van der Waals surface area contributed by atoms with Crippen molar-refractivity contribution < 1.29 is 4.74 Å². The van der Waals surface area contributed by atoms with E-state index in [9.17, 15) is 0 Å². The summed E-state index contributed by atoms with van der Waals surface area (Å²) in [4.78, 5) is 8.63. The number of para-hydroxylation sites is 1. The van der Waals surface area contributed by atoms with Crippen LogP contribution in [0.5, 0.6) is 5.75 Å². The Labute approximate surface area is 100 Å². The van der Waals surface area contributed by atoms with Gasteiger partial charge in [0.05, 0.1) is 18.5 Å². The molecule has 2 N–H and O–H groups in total. The number of anilines is 1. The summed E-state index contributed by atoms with van der Waals surface area (Å²) in [5, 5.41) is 0. The van der Waals surface area contributed by atoms with Gasteiger partial charge in [-0.05, 0) is 26.0 Å². The fourth-order valence-electron chi connectivity index (χ4n) is 1.77. The first-order chi connectivity index (χ1) is 8.13. The Hall–Kier alpha value is -2.10. The third kappa shape index (κ3) is 2.06. The number of hydrogen-bond acceptors (Lipinski definition) is 4. The first kappa shape index (κ1) is 11.4. The minimum Gasteiger partial charge on any atom is -0.496 e. The maximum Gasteiger partial charge on any atom is 0.128 e. The van der Waals surface area contributed by atoms with Crippen LogP contribution in [-0.4, -0.2) is 17.1 Å². The predicted molar refractivity (Wildman–Crippen MR) is 67.9 cm³/mol. The van der Waals surface area contributed by atoms with Crippen LogP contribution in [0.1, 0.15) is 11.5 Å². The van der Waals surface area contributed by atoms with Crippen LogP contribution in [0.25, 0.3) is 11.3 Å². The topological polar surface area (TPSA) is 61.0 Å². The number of aromatic nitrogens is 2. The van der Waals surface area contributed by atoms with Crippen molar-refractivity contribution >= 4 is 5.69 Å². The van der Waals surface area contributed by atoms with Crippen LogP contribution in [0.3, 0.4) is 0 Å². The molecule has 0 aliphatic heterocycles. The molecule has 1 heterocycles. The second-order valence-corrected chi connectivity index (χ2v) is 3.82. The zero-order valence-corrected chi connectivity index (χ0v) is 10.2. The van der Waals surface area contributed by atoms with E-state index in [0.29, 0.717) is 11.5 Å². The summed E-state index contributed by atoms with van der Waals surface area (Å²) in [5.41, 5.74) is 9.03. The summed E-state index contributed by atoms with van der Waals surface area (Å²) in [6, 6.07) is 7.68. The molecular formula is C13H15N3O. The van der Waals surface area contributed by atoms with Crippen molar-refractivity contribution in [1.82, 2.24) is 9.97 Å². The van der Waals surface area contributed by atoms with E-state index in [4.69, 9.17) is 10.5 Å². The molecule has 0 amide bonds. The average molecular weight is 229 g/mol. The van der Waals surface area contributed by atoms with E-state index in [1.54, 1.807) is 7.11 Å². The summed E-state index contributed by atoms with van der Waals surface area (Å²) in [6.45, 7) is 3.73. The molecule has 17 heavy (non-hydrogen) atoms. The second-order valence-electron chi connectivity index (χ2n) is 3.82. The van der Waals surface area contributed by atoms with Gasteiger partial charge in [0.2, 0.25) is 0 Å². The molecule has 0 bridgehead atoms. The SMILES string of the molecule is COc1ccccc1-c1nc(C)nc(C)c1N. The largest absolute Gasteiger partial charge is 0.496 e. The van der Waals surface area contributed by atoms with Gasteiger partial charge < -0.3 is 10.5 Å². The van der Waals surface area contributed by atoms with Gasteiger partial charge in [0.15, 0.2) is 0 Å². The maximum atomic E-state index is 6.03. The third-order valence-corrected chi connectivity index (χ3v) is 2.61. The highest BCUT2D eigenvalue weighted by molar-refractivity contribution is 5.78. The van der Waals surface area contributed by atoms with E-state index in [2.05, 4.69) is 9.97 Å². The summed E-state index contributed by atoms with van der Waals surface area (Å²) in [6.07, 6.45) is 0. The van der Waals surface area contributed by atoms with Crippen LogP contribution in [0.4, 0.5) is 5.69 Å². The molecule has 0 saturated heterocycles. The first-order valence-electron chi connectivity index (χ1n) is 5.37. The highest BCUT2D eigenvalue weighted by Crippen LogP contribution is 2.32. The lowest BCUT2D eigenvalue weighted by atomic mass is 10.1. The van der Waals surface area contributed by atoms with Crippen LogP contribution in [0, 0.1) is 13.8 Å². The van der Waals surface area contributed by atoms with Crippen molar-refractivity contribution in [1.29, 1.82) is 0 Å². The Kier molecular flexibility index (Phi) is 2.95. The van der Waals surface area contributed by atoms with Crippen molar-refractivity contribution in [2.75, 3.05) is 12.8 Å². The summed E-state index contributed by atoms with van der Waals surface area (Å²) in [7, 11) is 1.63. The van der Waals surface area contributed by atoms with E-state index >= 15 is 0 Å². The van der Waals surface area contributed by atoms with Gasteiger partial charge in [0.1, 0.15) is 17.3 Å². The molecule has 0 unspecified atom stereocenters. The number of nitrogens with zero attached hydrogens (tertiary/aromatic N) is 2. The number of aryl methyl sites for hydroxylation is 2. The third-order valence-electron chi connectivity index (χ3n) is 2.61. The molecule has 0 aliphatic rings. The van der Waals surface area contributed by atoms with Gasteiger partial charge in [-0.15, -0.1) is 0 Å². The molecule has 0 radical (unpaired) electrons. The van der Waals surface area contributed by atoms with Gasteiger partial charge in [0, 0.05) is 5.56 Å². The molecule has 0 spiro atoms. The van der Waals surface area contributed by atoms with Crippen molar-refractivity contribution in [2.45, 2.75) is 13.8 Å². The molecule has 4 heteroatoms. The van der Waals surface area contributed by atoms with E-state index in [-0.39, 0.29) is 0 Å². The Morgan fingerprint density at radius 1 is 1.12 bits per heavy atom. The van der Waals surface area contributed by atoms with Gasteiger partial charge in [0.25, 0.3) is 0 Å². The molecule has 2 rings (SSSR count). The molecular weight excluding hydrogens is 214 g/mol. The molecule has 88 valence electrons. The van der Waals surface area contributed by atoms with Gasteiger partial charge in [-0.2, -0.15) is 0 Å². The zero-order chi connectivity index (χ0) is 12.4. The number of rotatable bonds is 2. The summed E-state index contributed by atoms with van der Waals surface area (Å²) < 4.78 is 5.32. The number of benzene rings is 1. The lowest BCUT2D eigenvalue weighted by Crippen LogP contribution is -2.03. The molecule has 1 aromatic heterocycles. The lowest BCUT2D eigenvalue weighted by Gasteiger charge is -2.11. The minimum atomic E-state index is 0.597. The zero-order valence-electron chi connectivity index (χ0n) is 10.2. The lowest BCUT2D eigenvalue weighted by molar-refractivity contribution is 0.416. The van der Waals surface area contributed by atoms with Crippen molar-refractivity contribution in [3.8, 4) is 17.0 Å². The van der Waals surface area contributed by atoms with E-state index in [1.807, 2.05) is 38.1 Å². The average Bonchev–Trinajstić information content (AvgIpc) is 2.33. The summed E-state index contributed by atoms with van der Waals surface area (Å²) in [5.74, 6) is 1.47. The van der Waals surface area contributed by atoms with Gasteiger partial charge in [-0.3, -0.25) is 0 Å². The number of hydrogen-bond donors (Lipinski definition) is 1. The first-order valence-corrected chi connectivity index (χ1v) is 5.37. The Balaban J connectivity index is 2.68. The standard InChI is InChI=1S/C13H15N3O/c1-8-12(14)13(16-9(2)15-8)10-6-4-5-7-11(10)17-3/h4-7H,14H2,1-3H3. The fraction of sp³-hybridized carbons (Fsp3) is 0.231. The normalized spacial score (nSPS) is 10.3. The van der Waals surface area contributed by atoms with E-state index in [0.717, 1.165) is 22.7 Å². The quantitative estimate of drug-likeness (QED) is 0.858. The van der Waals surface area contributed by atoms with Crippen molar-refractivity contribution in [3.05, 3.63) is 35.8 Å². The van der Waals surface area contributed by atoms with Crippen LogP contribution >= 0.6 is 0 Å². The van der Waals surface area contributed by atoms with Gasteiger partial charge in [-0.1, -0.05) is 12.1 Å². The maximum absolute atomic E-state index is 6.03. The monoisotopic (exact) mass is 229 g/mol. The fourth-order valence-corrected chi connectivity index (χ4v) is 1.77. The molecule has 1 aromatic carbocycles. The van der Waals surface area contributed by atoms with Crippen LogP contribution in [0.2, 0.25) is 0 Å². The van der Waals surface area contributed by atoms with Crippen LogP contribution in [0.15, 0.2) is 24.3 Å². The summed E-state index contributed by atoms with van der Waals surface area (Å²) >= 11 is 0. The van der Waals surface area contributed by atoms with Crippen molar-refractivity contribution in [3.63, 3.8) is 0 Å². The highest BCUT2D eigenvalue weighted by atomic mass is 16.5. The number of nitrogens with two attached hydrogens (primary N) is 1. The Bertz CT molecular complexity index is 552. The molecule has 2 aromatic rings. The molecule has 0 atom stereocenters. The molecule has 0 fully saturated rings. The van der Waals surface area contributed by atoms with E-state index < -0.39 is 0 Å². The van der Waals surface area contributed by atoms with Crippen LogP contribution in [-0.2, 0) is 0 Å². The Morgan fingerprint density at radius 2 is 1.82 bits per heavy atom. The smallest absolute Gasteiger partial charge is 0.128 e. The molecule has 4 nitrogen and oxygen atoms in total. The highest BCUT2D eigenvalue weighted by Gasteiger charge is 2.12. The predicted octanol–water partition coefficient (Wildman–Crippen LogP) is 2.35. The molecule has 0 saturated carbocycles. The number of ether oxygens (including phenoxy) is 1. The molecule has 0 aliphatic carbocycles. The minimum absolute atomic E-state index is 0.597. The second kappa shape index (κ2) is 4.41. The number of nitrogen functional groups attached to an aromatic ring is 1. The number of methoxy groups -OCH3 is 1.